The van der Waals surface area contributed by atoms with Gasteiger partial charge in [0.05, 0.1) is 25.6 Å². The van der Waals surface area contributed by atoms with Gasteiger partial charge in [-0.1, -0.05) is 24.3 Å². The summed E-state index contributed by atoms with van der Waals surface area (Å²) in [6, 6.07) is 17.8. The molecule has 0 saturated heterocycles. The van der Waals surface area contributed by atoms with Crippen LogP contribution >= 0.6 is 0 Å². The summed E-state index contributed by atoms with van der Waals surface area (Å²) in [5.74, 6) is -2.32. The lowest BCUT2D eigenvalue weighted by Crippen LogP contribution is -2.28. The average Bonchev–Trinajstić information content (AvgIpc) is 3.66. The number of hydrogen-bond acceptors (Lipinski definition) is 7. The zero-order chi connectivity index (χ0) is 38.6. The van der Waals surface area contributed by atoms with Crippen LogP contribution < -0.4 is 25.4 Å². The van der Waals surface area contributed by atoms with Crippen LogP contribution in [0.25, 0.3) is 11.6 Å². The number of halogens is 3. The first-order valence-corrected chi connectivity index (χ1v) is 15.7. The molecule has 16 heteroatoms. The van der Waals surface area contributed by atoms with Gasteiger partial charge in [-0.2, -0.15) is 13.2 Å². The van der Waals surface area contributed by atoms with Gasteiger partial charge in [0.15, 0.2) is 0 Å². The number of carbonyl (C=O) groups is 4. The first-order chi connectivity index (χ1) is 24.5. The normalized spacial score (nSPS) is 11.3. The average molecular weight is 727 g/mol. The number of hydrogen-bond donors (Lipinski definition) is 4. The van der Waals surface area contributed by atoms with Gasteiger partial charge in [0, 0.05) is 38.6 Å². The molecule has 13 nitrogen and oxygen atoms in total. The van der Waals surface area contributed by atoms with Crippen LogP contribution in [0.5, 0.6) is 11.5 Å². The van der Waals surface area contributed by atoms with Crippen molar-refractivity contribution in [2.75, 3.05) is 52.0 Å². The number of nitrogens with zero attached hydrogens (tertiary/aromatic N) is 3. The molecule has 278 valence electrons. The number of carboxylic acid groups (broad SMARTS) is 1. The number of aromatic nitrogens is 2. The van der Waals surface area contributed by atoms with Gasteiger partial charge in [0.25, 0.3) is 17.7 Å². The molecule has 0 atom stereocenters. The molecule has 0 aliphatic carbocycles. The Hall–Kier alpha value is -6.03. The fraction of sp³-hybridized carbons (Fsp3) is 0.278. The number of anilines is 2. The Labute approximate surface area is 298 Å². The zero-order valence-electron chi connectivity index (χ0n) is 29.5. The molecule has 0 bridgehead atoms. The second-order valence-corrected chi connectivity index (χ2v) is 11.6. The third-order valence-corrected chi connectivity index (χ3v) is 7.37. The molecule has 2 heterocycles. The highest BCUT2D eigenvalue weighted by Crippen LogP contribution is 2.25. The summed E-state index contributed by atoms with van der Waals surface area (Å²) in [4.78, 5) is 50.4. The largest absolute Gasteiger partial charge is 0.497 e. The number of methoxy groups -OCH3 is 2. The molecule has 52 heavy (non-hydrogen) atoms. The van der Waals surface area contributed by atoms with Crippen molar-refractivity contribution in [3.05, 3.63) is 95.6 Å². The Morgan fingerprint density at radius 1 is 0.808 bits per heavy atom. The molecule has 4 aromatic rings. The summed E-state index contributed by atoms with van der Waals surface area (Å²) >= 11 is 0. The van der Waals surface area contributed by atoms with Crippen molar-refractivity contribution in [2.24, 2.45) is 14.1 Å². The molecular formula is C36H41F3N6O7. The first kappa shape index (κ1) is 40.4. The predicted molar refractivity (Wildman–Crippen MR) is 190 cm³/mol. The van der Waals surface area contributed by atoms with E-state index in [4.69, 9.17) is 19.4 Å². The topological polar surface area (TPSA) is 156 Å². The summed E-state index contributed by atoms with van der Waals surface area (Å²) in [7, 11) is 10.6. The Bertz CT molecular complexity index is 1880. The van der Waals surface area contributed by atoms with Gasteiger partial charge >= 0.3 is 12.1 Å². The summed E-state index contributed by atoms with van der Waals surface area (Å²) in [6.07, 6.45) is 0.892. The van der Waals surface area contributed by atoms with Crippen molar-refractivity contribution >= 4 is 46.7 Å². The molecule has 2 aromatic carbocycles. The van der Waals surface area contributed by atoms with Gasteiger partial charge in [-0.3, -0.25) is 14.4 Å². The Morgan fingerprint density at radius 2 is 1.29 bits per heavy atom. The zero-order valence-corrected chi connectivity index (χ0v) is 29.5. The van der Waals surface area contributed by atoms with Crippen LogP contribution in [0, 0.1) is 0 Å². The number of ether oxygens (including phenoxy) is 2. The van der Waals surface area contributed by atoms with Gasteiger partial charge in [-0.15, -0.1) is 0 Å². The molecule has 0 saturated carbocycles. The van der Waals surface area contributed by atoms with Crippen LogP contribution in [0.4, 0.5) is 24.5 Å². The maximum absolute atomic E-state index is 13.6. The van der Waals surface area contributed by atoms with Crippen LogP contribution in [0.2, 0.25) is 0 Å². The molecule has 3 amide bonds. The van der Waals surface area contributed by atoms with Crippen LogP contribution in [-0.4, -0.2) is 90.4 Å². The first-order valence-electron chi connectivity index (χ1n) is 15.7. The van der Waals surface area contributed by atoms with Gasteiger partial charge in [0.2, 0.25) is 0 Å². The molecule has 0 spiro atoms. The van der Waals surface area contributed by atoms with Crippen LogP contribution in [0.3, 0.4) is 0 Å². The predicted octanol–water partition coefficient (Wildman–Crippen LogP) is 5.13. The van der Waals surface area contributed by atoms with Gasteiger partial charge in [-0.05, 0) is 80.7 Å². The van der Waals surface area contributed by atoms with Crippen LogP contribution in [0.1, 0.15) is 38.5 Å². The summed E-state index contributed by atoms with van der Waals surface area (Å²) in [5.41, 5.74) is 3.63. The number of rotatable bonds is 13. The lowest BCUT2D eigenvalue weighted by molar-refractivity contribution is -0.192. The smallest absolute Gasteiger partial charge is 0.490 e. The minimum Gasteiger partial charge on any atom is -0.497 e. The fourth-order valence-electron chi connectivity index (χ4n) is 4.72. The third-order valence-electron chi connectivity index (χ3n) is 7.37. The fourth-order valence-corrected chi connectivity index (χ4v) is 4.72. The lowest BCUT2D eigenvalue weighted by Gasteiger charge is -2.10. The molecule has 0 unspecified atom stereocenters. The number of aryl methyl sites for hydroxylation is 2. The Morgan fingerprint density at radius 3 is 1.77 bits per heavy atom. The maximum Gasteiger partial charge on any atom is 0.490 e. The van der Waals surface area contributed by atoms with E-state index in [1.54, 1.807) is 80.2 Å². The summed E-state index contributed by atoms with van der Waals surface area (Å²) in [5, 5.41) is 15.8. The minimum absolute atomic E-state index is 0.212. The highest BCUT2D eigenvalue weighted by molar-refractivity contribution is 6.29. The molecular weight excluding hydrogens is 685 g/mol. The van der Waals surface area contributed by atoms with Crippen molar-refractivity contribution in [1.82, 2.24) is 19.4 Å². The van der Waals surface area contributed by atoms with E-state index in [1.807, 2.05) is 50.5 Å². The number of aliphatic carboxylic acids is 1. The number of nitrogens with one attached hydrogen (secondary N) is 3. The van der Waals surface area contributed by atoms with E-state index in [-0.39, 0.29) is 17.7 Å². The number of amides is 3. The van der Waals surface area contributed by atoms with Gasteiger partial charge < -0.3 is 44.6 Å². The van der Waals surface area contributed by atoms with E-state index in [2.05, 4.69) is 20.9 Å². The molecule has 0 radical (unpaired) electrons. The summed E-state index contributed by atoms with van der Waals surface area (Å²) < 4.78 is 45.6. The van der Waals surface area contributed by atoms with E-state index in [0.717, 1.165) is 18.5 Å². The van der Waals surface area contributed by atoms with Crippen molar-refractivity contribution in [3.8, 4) is 11.5 Å². The molecule has 0 fully saturated rings. The monoisotopic (exact) mass is 726 g/mol. The van der Waals surface area contributed by atoms with E-state index < -0.39 is 12.1 Å². The van der Waals surface area contributed by atoms with E-state index >= 15 is 0 Å². The van der Waals surface area contributed by atoms with Crippen LogP contribution in [-0.2, 0) is 23.7 Å². The quantitative estimate of drug-likeness (QED) is 0.0840. The number of alkyl halides is 3. The van der Waals surface area contributed by atoms with Gasteiger partial charge in [-0.25, -0.2) is 4.79 Å². The molecule has 0 aliphatic heterocycles. The lowest BCUT2D eigenvalue weighted by atomic mass is 10.0. The third kappa shape index (κ3) is 11.8. The highest BCUT2D eigenvalue weighted by Gasteiger charge is 2.38. The molecule has 2 aromatic heterocycles. The van der Waals surface area contributed by atoms with Crippen molar-refractivity contribution in [3.63, 3.8) is 0 Å². The SMILES string of the molecule is COc1ccc(/C=C(/C(=O)Nc2cc(C(=O)Nc3cc(C(=O)NCCCN(C)C)n(C)c3)n(C)c2)c2ccc(OC)cc2)cc1.O=C(O)C(F)(F)F. The maximum atomic E-state index is 13.6. The molecule has 0 aliphatic rings. The Balaban J connectivity index is 0.000000944. The van der Waals surface area contributed by atoms with E-state index in [9.17, 15) is 27.6 Å². The van der Waals surface area contributed by atoms with E-state index in [0.29, 0.717) is 51.9 Å². The number of carbonyl (C=O) groups excluding carboxylic acids is 3. The second-order valence-electron chi connectivity index (χ2n) is 11.6. The number of benzene rings is 2. The van der Waals surface area contributed by atoms with Crippen molar-refractivity contribution in [1.29, 1.82) is 0 Å². The van der Waals surface area contributed by atoms with Crippen LogP contribution in [0.15, 0.2) is 73.1 Å². The Kier molecular flexibility index (Phi) is 14.2. The molecule has 4 rings (SSSR count). The van der Waals surface area contributed by atoms with Crippen molar-refractivity contribution in [2.45, 2.75) is 12.6 Å². The van der Waals surface area contributed by atoms with Gasteiger partial charge in [0.1, 0.15) is 22.9 Å². The highest BCUT2D eigenvalue weighted by atomic mass is 19.4. The standard InChI is InChI=1S/C34H40N6O5.C2HF3O2/c1-38(2)17-7-16-35-33(42)30-19-26(22-39(30)3)37-34(43)31-20-25(21-40(31)4)36-32(41)29(24-10-14-28(45-6)15-11-24)18-23-8-12-27(44-5)13-9-23;3-2(4,5)1(6)7/h8-15,18-22H,7,16-17H2,1-6H3,(H,35,42)(H,36,41)(H,37,43);(H,6,7)/b29-18+;. The van der Waals surface area contributed by atoms with E-state index in [1.165, 1.54) is 0 Å². The number of carboxylic acids is 1. The van der Waals surface area contributed by atoms with Crippen molar-refractivity contribution < 1.29 is 46.9 Å². The second kappa shape index (κ2) is 18.3. The summed E-state index contributed by atoms with van der Waals surface area (Å²) in [6.45, 7) is 1.42. The molecule has 4 N–H and O–H groups in total. The minimum atomic E-state index is -5.08.